The molecule has 4 aromatic carbocycles. The van der Waals surface area contributed by atoms with Gasteiger partial charge in [0, 0.05) is 129 Å². The number of rotatable bonds is 10. The zero-order chi connectivity index (χ0) is 59.3. The van der Waals surface area contributed by atoms with Gasteiger partial charge in [0.05, 0.1) is 32.3 Å². The van der Waals surface area contributed by atoms with Crippen molar-refractivity contribution < 1.29 is 80.4 Å². The predicted octanol–water partition coefficient (Wildman–Crippen LogP) is 14.7. The first-order valence-corrected chi connectivity index (χ1v) is 41.1. The van der Waals surface area contributed by atoms with E-state index in [1.165, 1.54) is 37.4 Å². The van der Waals surface area contributed by atoms with Gasteiger partial charge in [-0.2, -0.15) is 0 Å². The van der Waals surface area contributed by atoms with Crippen LogP contribution >= 0.6 is 0 Å². The van der Waals surface area contributed by atoms with Crippen LogP contribution in [-0.4, -0.2) is 52.2 Å². The number of pyridine rings is 4. The molecule has 4 heterocycles. The fourth-order valence-corrected chi connectivity index (χ4v) is 14.2. The first-order valence-electron chi connectivity index (χ1n) is 27.1. The van der Waals surface area contributed by atoms with Crippen LogP contribution in [0.5, 0.6) is 0 Å². The molecule has 0 fully saturated rings. The van der Waals surface area contributed by atoms with Gasteiger partial charge < -0.3 is 19.9 Å². The van der Waals surface area contributed by atoms with Crippen LogP contribution in [-0.2, 0) is 80.4 Å². The van der Waals surface area contributed by atoms with E-state index in [0.717, 1.165) is 50.7 Å². The molecule has 8 aromatic rings. The van der Waals surface area contributed by atoms with Crippen molar-refractivity contribution in [3.05, 3.63) is 191 Å². The summed E-state index contributed by atoms with van der Waals surface area (Å²) in [4.78, 5) is 18.6. The van der Waals surface area contributed by atoms with E-state index in [9.17, 15) is 0 Å². The molecule has 0 aliphatic rings. The maximum absolute atomic E-state index is 8.89. The van der Waals surface area contributed by atoms with Crippen molar-refractivity contribution in [1.82, 2.24) is 19.9 Å². The average Bonchev–Trinajstić information content (AvgIpc) is 3.55. The quantitative estimate of drug-likeness (QED) is 0.0971. The van der Waals surface area contributed by atoms with Crippen LogP contribution in [0.4, 0.5) is 0 Å². The molecule has 0 saturated heterocycles. The summed E-state index contributed by atoms with van der Waals surface area (Å²) in [7, 11) is -5.41. The standard InChI is InChI=1S/2C18H21N2Si.2C16H17N2Si.4Ir/c1-13(2)16-10-17(20-12-18(16)21(3,4)5)15-8-6-14(11-19)7-9-15;1-13(2)17-10-16(21(3,4)5)12-20-18(17)15-8-6-14(11-19)7-9-15;1-12-9-15(19(2,3)4)11-18-16(12)14-7-5-13(10-17)6-8-14;1-12-16(19(2,3)4)10-9-15(18-12)14-7-5-13(11-17)6-8-14;;;;/h2*6-8,10,12-13H,1-5H3;5-7,9,11H,1-4H3;5-7,9-10H,1-4H3;;;;/q4*-1;;;;. The number of aryl methyl sites for hydroxylation is 2. The Hall–Kier alpha value is -5.10. The van der Waals surface area contributed by atoms with Crippen molar-refractivity contribution >= 4 is 53.0 Å². The smallest absolute Gasteiger partial charge is 0.0799 e. The number of benzene rings is 4. The SMILES string of the molecule is CC(C)c1cc(-c2[c-]cc(C#N)cc2)ncc1[Si](C)(C)C.CC(C)c1cc([Si](C)(C)C)cnc1-c1[c-]cc(C#N)cc1.Cc1cc([Si](C)(C)C)cnc1-c1[c-]cc(C#N)cc1.Cc1nc(-c2[c-]cc(C#N)cc2)ccc1[Si](C)(C)C.[Ir].[Ir].[Ir].[Ir]. The summed E-state index contributed by atoms with van der Waals surface area (Å²) in [6.45, 7) is 41.0. The van der Waals surface area contributed by atoms with Crippen molar-refractivity contribution in [2.45, 2.75) is 132 Å². The third-order valence-corrected chi connectivity index (χ3v) is 21.6. The van der Waals surface area contributed by atoms with Crippen molar-refractivity contribution in [2.75, 3.05) is 0 Å². The van der Waals surface area contributed by atoms with Crippen LogP contribution in [0, 0.1) is 83.4 Å². The van der Waals surface area contributed by atoms with Gasteiger partial charge in [0.1, 0.15) is 0 Å². The molecule has 0 N–H and O–H groups in total. The molecule has 8 rings (SSSR count). The molecule has 0 amide bonds. The van der Waals surface area contributed by atoms with E-state index in [2.05, 4.69) is 214 Å². The van der Waals surface area contributed by atoms with Gasteiger partial charge in [-0.05, 0) is 91.5 Å². The molecule has 4 radical (unpaired) electrons. The molecule has 0 bridgehead atoms. The summed E-state index contributed by atoms with van der Waals surface area (Å²) >= 11 is 0. The van der Waals surface area contributed by atoms with E-state index in [4.69, 9.17) is 26.0 Å². The Kier molecular flexibility index (Phi) is 30.9. The van der Waals surface area contributed by atoms with Crippen LogP contribution in [0.15, 0.2) is 122 Å². The minimum Gasteiger partial charge on any atom is -0.305 e. The van der Waals surface area contributed by atoms with Gasteiger partial charge in [0.2, 0.25) is 0 Å². The summed E-state index contributed by atoms with van der Waals surface area (Å²) < 4.78 is 0. The molecule has 444 valence electrons. The van der Waals surface area contributed by atoms with E-state index in [1.807, 2.05) is 55.0 Å². The summed E-state index contributed by atoms with van der Waals surface area (Å²) in [6.07, 6.45) is 6.04. The average molecular weight is 1890 g/mol. The predicted molar refractivity (Wildman–Crippen MR) is 342 cm³/mol. The molecule has 0 unspecified atom stereocenters. The molecule has 84 heavy (non-hydrogen) atoms. The van der Waals surface area contributed by atoms with Gasteiger partial charge in [-0.3, -0.25) is 0 Å². The maximum Gasteiger partial charge on any atom is 0.0799 e. The van der Waals surface area contributed by atoms with Crippen LogP contribution < -0.4 is 20.7 Å². The Bertz CT molecular complexity index is 3590. The van der Waals surface area contributed by atoms with Crippen LogP contribution in [0.2, 0.25) is 78.6 Å². The molecule has 4 aromatic heterocycles. The summed E-state index contributed by atoms with van der Waals surface area (Å²) in [5.41, 5.74) is 15.0. The largest absolute Gasteiger partial charge is 0.305 e. The zero-order valence-corrected chi connectivity index (χ0v) is 65.2. The Morgan fingerprint density at radius 1 is 0.393 bits per heavy atom. The Balaban J connectivity index is 0.000000552. The number of nitriles is 4. The minimum atomic E-state index is -1.40. The van der Waals surface area contributed by atoms with E-state index >= 15 is 0 Å². The normalized spacial score (nSPS) is 10.8. The second kappa shape index (κ2) is 33.7. The van der Waals surface area contributed by atoms with Gasteiger partial charge in [0.15, 0.2) is 0 Å². The second-order valence-corrected chi connectivity index (χ2v) is 45.0. The molecular weight excluding hydrogens is 1810 g/mol. The van der Waals surface area contributed by atoms with E-state index < -0.39 is 32.3 Å². The number of hydrogen-bond donors (Lipinski definition) is 0. The Morgan fingerprint density at radius 2 is 0.774 bits per heavy atom. The third kappa shape index (κ3) is 21.7. The van der Waals surface area contributed by atoms with Crippen molar-refractivity contribution in [1.29, 1.82) is 21.0 Å². The fraction of sp³-hybridized carbons (Fsp3) is 0.294. The van der Waals surface area contributed by atoms with Gasteiger partial charge in [0.25, 0.3) is 0 Å². The van der Waals surface area contributed by atoms with E-state index in [0.29, 0.717) is 34.1 Å². The van der Waals surface area contributed by atoms with E-state index in [1.54, 1.807) is 36.4 Å². The van der Waals surface area contributed by atoms with Gasteiger partial charge >= 0.3 is 0 Å². The maximum atomic E-state index is 8.89. The number of nitrogens with zero attached hydrogens (tertiary/aromatic N) is 8. The first kappa shape index (κ1) is 76.9. The molecule has 8 nitrogen and oxygen atoms in total. The molecular formula is C68H76Ir4N8Si4-4. The topological polar surface area (TPSA) is 147 Å². The molecule has 0 aliphatic heterocycles. The van der Waals surface area contributed by atoms with Gasteiger partial charge in [-0.25, -0.2) is 21.0 Å². The summed E-state index contributed by atoms with van der Waals surface area (Å²) in [5, 5.41) is 40.9. The number of aromatic nitrogens is 4. The Morgan fingerprint density at radius 3 is 1.12 bits per heavy atom. The number of hydrogen-bond acceptors (Lipinski definition) is 8. The molecule has 0 atom stereocenters. The van der Waals surface area contributed by atoms with Crippen LogP contribution in [0.25, 0.3) is 45.0 Å². The minimum absolute atomic E-state index is 0. The fourth-order valence-electron chi connectivity index (χ4n) is 8.64. The zero-order valence-electron chi connectivity index (χ0n) is 51.6. The molecule has 16 heteroatoms. The van der Waals surface area contributed by atoms with Crippen molar-refractivity contribution in [3.63, 3.8) is 0 Å². The van der Waals surface area contributed by atoms with E-state index in [-0.39, 0.29) is 80.4 Å². The summed E-state index contributed by atoms with van der Waals surface area (Å²) in [6, 6.07) is 53.8. The van der Waals surface area contributed by atoms with Crippen molar-refractivity contribution in [2.24, 2.45) is 0 Å². The second-order valence-electron chi connectivity index (χ2n) is 24.8. The van der Waals surface area contributed by atoms with Crippen molar-refractivity contribution in [3.8, 4) is 69.3 Å². The summed E-state index contributed by atoms with van der Waals surface area (Å²) in [5.74, 6) is 0.889. The Labute approximate surface area is 560 Å². The monoisotopic (exact) mass is 1890 g/mol. The van der Waals surface area contributed by atoms with Crippen LogP contribution in [0.1, 0.15) is 84.2 Å². The third-order valence-electron chi connectivity index (χ3n) is 13.4. The molecule has 0 aliphatic carbocycles. The first-order chi connectivity index (χ1) is 37.5. The molecule has 0 saturated carbocycles. The van der Waals surface area contributed by atoms with Gasteiger partial charge in [-0.15, -0.1) is 119 Å². The van der Waals surface area contributed by atoms with Crippen LogP contribution in [0.3, 0.4) is 0 Å². The van der Waals surface area contributed by atoms with Gasteiger partial charge in [-0.1, -0.05) is 153 Å². The molecule has 0 spiro atoms.